The minimum Gasteiger partial charge on any atom is -0.383 e. The molecule has 0 aromatic carbocycles. The molecule has 5 N–H and O–H groups in total. The molecule has 0 spiro atoms. The van der Waals surface area contributed by atoms with E-state index < -0.39 is 11.8 Å². The Morgan fingerprint density at radius 3 is 2.38 bits per heavy atom. The zero-order chi connectivity index (χ0) is 23.8. The standard InChI is InChI=1S/C22H29N7O3/c1-11(2)29-19(23)17(20(24)30)18(27-29)13-7-8-14(25-10-13)12(3)21(31)26-16-9-15(32-28-16)22(4,5)6/h7-12H,23H2,1-6H3,(H2,24,30)(H,26,28,31). The van der Waals surface area contributed by atoms with Gasteiger partial charge in [-0.15, -0.1) is 0 Å². The van der Waals surface area contributed by atoms with Crippen molar-refractivity contribution in [3.63, 3.8) is 0 Å². The molecular weight excluding hydrogens is 410 g/mol. The minimum atomic E-state index is -0.663. The highest BCUT2D eigenvalue weighted by molar-refractivity contribution is 6.03. The maximum atomic E-state index is 12.7. The highest BCUT2D eigenvalue weighted by Gasteiger charge is 2.25. The molecule has 10 heteroatoms. The number of nitrogens with two attached hydrogens (primary N) is 2. The molecule has 0 saturated carbocycles. The smallest absolute Gasteiger partial charge is 0.254 e. The molecule has 3 aromatic heterocycles. The molecule has 32 heavy (non-hydrogen) atoms. The second kappa shape index (κ2) is 8.45. The lowest BCUT2D eigenvalue weighted by Crippen LogP contribution is -2.20. The van der Waals surface area contributed by atoms with Crippen molar-refractivity contribution < 1.29 is 14.1 Å². The predicted molar refractivity (Wildman–Crippen MR) is 121 cm³/mol. The molecule has 2 amide bonds. The van der Waals surface area contributed by atoms with E-state index in [4.69, 9.17) is 16.0 Å². The molecule has 3 aromatic rings. The van der Waals surface area contributed by atoms with Gasteiger partial charge in [0, 0.05) is 29.3 Å². The molecule has 0 aliphatic carbocycles. The lowest BCUT2D eigenvalue weighted by molar-refractivity contribution is -0.117. The van der Waals surface area contributed by atoms with E-state index >= 15 is 0 Å². The first-order valence-corrected chi connectivity index (χ1v) is 10.3. The molecule has 0 saturated heterocycles. The van der Waals surface area contributed by atoms with E-state index in [0.717, 1.165) is 0 Å². The van der Waals surface area contributed by atoms with Crippen molar-refractivity contribution in [1.82, 2.24) is 19.9 Å². The highest BCUT2D eigenvalue weighted by Crippen LogP contribution is 2.29. The SMILES string of the molecule is CC(C(=O)Nc1cc(C(C)(C)C)on1)c1ccc(-c2nn(C(C)C)c(N)c2C(N)=O)cn1. The van der Waals surface area contributed by atoms with Crippen LogP contribution in [-0.2, 0) is 10.2 Å². The zero-order valence-corrected chi connectivity index (χ0v) is 19.1. The summed E-state index contributed by atoms with van der Waals surface area (Å²) in [5, 5.41) is 11.1. The molecule has 0 fully saturated rings. The van der Waals surface area contributed by atoms with Crippen LogP contribution in [0.1, 0.15) is 75.3 Å². The molecule has 0 aliphatic heterocycles. The van der Waals surface area contributed by atoms with Crippen molar-refractivity contribution in [2.45, 2.75) is 58.9 Å². The molecule has 170 valence electrons. The van der Waals surface area contributed by atoms with E-state index in [1.54, 1.807) is 36.0 Å². The third-order valence-electron chi connectivity index (χ3n) is 5.08. The quantitative estimate of drug-likeness (QED) is 0.532. The summed E-state index contributed by atoms with van der Waals surface area (Å²) >= 11 is 0. The Hall–Kier alpha value is -3.69. The Kier molecular flexibility index (Phi) is 6.07. The van der Waals surface area contributed by atoms with E-state index in [-0.39, 0.29) is 28.7 Å². The average Bonchev–Trinajstić information content (AvgIpc) is 3.32. The van der Waals surface area contributed by atoms with Crippen LogP contribution < -0.4 is 16.8 Å². The van der Waals surface area contributed by atoms with Crippen molar-refractivity contribution in [2.75, 3.05) is 11.1 Å². The van der Waals surface area contributed by atoms with Gasteiger partial charge in [-0.1, -0.05) is 25.9 Å². The van der Waals surface area contributed by atoms with E-state index in [2.05, 4.69) is 20.6 Å². The number of nitrogens with zero attached hydrogens (tertiary/aromatic N) is 4. The van der Waals surface area contributed by atoms with Crippen molar-refractivity contribution in [1.29, 1.82) is 0 Å². The van der Waals surface area contributed by atoms with Crippen LogP contribution in [0.3, 0.4) is 0 Å². The lowest BCUT2D eigenvalue weighted by atomic mass is 9.93. The number of carbonyl (C=O) groups excluding carboxylic acids is 2. The second-order valence-corrected chi connectivity index (χ2v) is 9.02. The summed E-state index contributed by atoms with van der Waals surface area (Å²) in [4.78, 5) is 29.0. The summed E-state index contributed by atoms with van der Waals surface area (Å²) in [6.07, 6.45) is 1.55. The topological polar surface area (TPSA) is 155 Å². The van der Waals surface area contributed by atoms with Crippen LogP contribution in [0.4, 0.5) is 11.6 Å². The lowest BCUT2D eigenvalue weighted by Gasteiger charge is -2.12. The van der Waals surface area contributed by atoms with Crippen LogP contribution in [-0.4, -0.2) is 31.7 Å². The summed E-state index contributed by atoms with van der Waals surface area (Å²) in [7, 11) is 0. The molecule has 3 heterocycles. The number of pyridine rings is 1. The maximum Gasteiger partial charge on any atom is 0.254 e. The summed E-state index contributed by atoms with van der Waals surface area (Å²) in [6.45, 7) is 11.5. The Morgan fingerprint density at radius 2 is 1.88 bits per heavy atom. The molecule has 3 rings (SSSR count). The summed E-state index contributed by atoms with van der Waals surface area (Å²) < 4.78 is 6.85. The molecular formula is C22H29N7O3. The number of nitrogen functional groups attached to an aromatic ring is 1. The van der Waals surface area contributed by atoms with Gasteiger partial charge in [0.15, 0.2) is 5.82 Å². The fourth-order valence-electron chi connectivity index (χ4n) is 3.14. The molecule has 1 atom stereocenters. The van der Waals surface area contributed by atoms with Gasteiger partial charge in [0.1, 0.15) is 22.8 Å². The average molecular weight is 440 g/mol. The summed E-state index contributed by atoms with van der Waals surface area (Å²) in [6, 6.07) is 5.10. The Morgan fingerprint density at radius 1 is 1.19 bits per heavy atom. The number of hydrogen-bond donors (Lipinski definition) is 3. The van der Waals surface area contributed by atoms with Crippen LogP contribution in [0.5, 0.6) is 0 Å². The third kappa shape index (κ3) is 4.48. The van der Waals surface area contributed by atoms with Gasteiger partial charge in [-0.05, 0) is 32.9 Å². The van der Waals surface area contributed by atoms with Gasteiger partial charge in [0.25, 0.3) is 5.91 Å². The van der Waals surface area contributed by atoms with Crippen LogP contribution >= 0.6 is 0 Å². The van der Waals surface area contributed by atoms with Crippen molar-refractivity contribution in [3.05, 3.63) is 41.4 Å². The molecule has 0 aliphatic rings. The first kappa shape index (κ1) is 23.0. The third-order valence-corrected chi connectivity index (χ3v) is 5.08. The van der Waals surface area contributed by atoms with Crippen LogP contribution in [0.15, 0.2) is 28.9 Å². The van der Waals surface area contributed by atoms with Gasteiger partial charge >= 0.3 is 0 Å². The first-order chi connectivity index (χ1) is 14.9. The normalized spacial score (nSPS) is 12.7. The van der Waals surface area contributed by atoms with Gasteiger partial charge < -0.3 is 21.3 Å². The van der Waals surface area contributed by atoms with E-state index in [9.17, 15) is 9.59 Å². The van der Waals surface area contributed by atoms with Crippen molar-refractivity contribution >= 4 is 23.5 Å². The van der Waals surface area contributed by atoms with E-state index in [0.29, 0.717) is 28.5 Å². The minimum absolute atomic E-state index is 0.0480. The molecule has 10 nitrogen and oxygen atoms in total. The number of amides is 2. The van der Waals surface area contributed by atoms with Crippen LogP contribution in [0.2, 0.25) is 0 Å². The predicted octanol–water partition coefficient (Wildman–Crippen LogP) is 3.23. The Labute approximate surface area is 186 Å². The van der Waals surface area contributed by atoms with Crippen LogP contribution in [0.25, 0.3) is 11.3 Å². The van der Waals surface area contributed by atoms with Crippen molar-refractivity contribution in [2.24, 2.45) is 5.73 Å². The number of primary amides is 1. The maximum absolute atomic E-state index is 12.7. The fraction of sp³-hybridized carbons (Fsp3) is 0.409. The first-order valence-electron chi connectivity index (χ1n) is 10.3. The number of anilines is 2. The fourth-order valence-corrected chi connectivity index (χ4v) is 3.14. The Balaban J connectivity index is 1.81. The number of rotatable bonds is 6. The summed E-state index contributed by atoms with van der Waals surface area (Å²) in [5.41, 5.74) is 13.0. The number of nitrogens with one attached hydrogen (secondary N) is 1. The zero-order valence-electron chi connectivity index (χ0n) is 19.1. The van der Waals surface area contributed by atoms with Gasteiger partial charge in [-0.25, -0.2) is 4.68 Å². The largest absolute Gasteiger partial charge is 0.383 e. The number of carbonyl (C=O) groups is 2. The van der Waals surface area contributed by atoms with Gasteiger partial charge in [0.05, 0.1) is 11.6 Å². The van der Waals surface area contributed by atoms with Crippen molar-refractivity contribution in [3.8, 4) is 11.3 Å². The summed E-state index contributed by atoms with van der Waals surface area (Å²) in [5.74, 6) is -0.250. The number of hydrogen-bond acceptors (Lipinski definition) is 7. The van der Waals surface area contributed by atoms with Crippen LogP contribution in [0, 0.1) is 0 Å². The molecule has 0 bridgehead atoms. The molecule has 0 radical (unpaired) electrons. The van der Waals surface area contributed by atoms with E-state index in [1.165, 1.54) is 0 Å². The number of aromatic nitrogens is 4. The van der Waals surface area contributed by atoms with Gasteiger partial charge in [-0.2, -0.15) is 5.10 Å². The highest BCUT2D eigenvalue weighted by atomic mass is 16.5. The van der Waals surface area contributed by atoms with E-state index in [1.807, 2.05) is 34.6 Å². The Bertz CT molecular complexity index is 1140. The molecule has 1 unspecified atom stereocenters. The second-order valence-electron chi connectivity index (χ2n) is 9.02. The van der Waals surface area contributed by atoms with Gasteiger partial charge in [0.2, 0.25) is 5.91 Å². The van der Waals surface area contributed by atoms with Gasteiger partial charge in [-0.3, -0.25) is 14.6 Å². The monoisotopic (exact) mass is 439 g/mol.